The third-order valence-corrected chi connectivity index (χ3v) is 4.49. The van der Waals surface area contributed by atoms with Crippen LogP contribution in [0.3, 0.4) is 0 Å². The zero-order valence-corrected chi connectivity index (χ0v) is 12.4. The van der Waals surface area contributed by atoms with Crippen molar-refractivity contribution in [2.75, 3.05) is 5.88 Å². The molecule has 1 N–H and O–H groups in total. The molecule has 18 heavy (non-hydrogen) atoms. The molecule has 1 atom stereocenters. The minimum absolute atomic E-state index is 0.150. The number of rotatable bonds is 7. The van der Waals surface area contributed by atoms with Crippen LogP contribution in [0.4, 0.5) is 0 Å². The van der Waals surface area contributed by atoms with Crippen LogP contribution in [0, 0.1) is 0 Å². The maximum Gasteiger partial charge on any atom is 0.240 e. The van der Waals surface area contributed by atoms with Crippen molar-refractivity contribution in [3.05, 3.63) is 29.8 Å². The summed E-state index contributed by atoms with van der Waals surface area (Å²) in [4.78, 5) is 0.309. The second kappa shape index (κ2) is 7.12. The van der Waals surface area contributed by atoms with Crippen LogP contribution in [0.1, 0.15) is 32.3 Å². The first-order valence-corrected chi connectivity index (χ1v) is 8.18. The topological polar surface area (TPSA) is 46.2 Å². The van der Waals surface area contributed by atoms with Gasteiger partial charge in [-0.2, -0.15) is 0 Å². The molecule has 0 saturated heterocycles. The molecule has 0 spiro atoms. The van der Waals surface area contributed by atoms with Crippen molar-refractivity contribution in [2.45, 2.75) is 44.0 Å². The maximum atomic E-state index is 12.0. The highest BCUT2D eigenvalue weighted by Crippen LogP contribution is 2.12. The number of halogens is 1. The average Bonchev–Trinajstić information content (AvgIpc) is 2.29. The predicted octanol–water partition coefficient (Wildman–Crippen LogP) is 2.93. The van der Waals surface area contributed by atoms with E-state index in [1.165, 1.54) is 0 Å². The zero-order chi connectivity index (χ0) is 13.6. The highest BCUT2D eigenvalue weighted by atomic mass is 35.5. The van der Waals surface area contributed by atoms with E-state index >= 15 is 0 Å². The van der Waals surface area contributed by atoms with E-state index in [2.05, 4.69) is 11.6 Å². The Labute approximate surface area is 115 Å². The Morgan fingerprint density at radius 3 is 2.39 bits per heavy atom. The number of nitrogens with one attached hydrogen (secondary N) is 1. The van der Waals surface area contributed by atoms with E-state index in [4.69, 9.17) is 11.6 Å². The van der Waals surface area contributed by atoms with E-state index in [0.717, 1.165) is 18.4 Å². The van der Waals surface area contributed by atoms with Gasteiger partial charge in [-0.05, 0) is 37.5 Å². The summed E-state index contributed by atoms with van der Waals surface area (Å²) in [5.74, 6) is 0.444. The van der Waals surface area contributed by atoms with Gasteiger partial charge in [-0.15, -0.1) is 11.6 Å². The summed E-state index contributed by atoms with van der Waals surface area (Å²) in [7, 11) is -3.42. The molecule has 1 aromatic rings. The van der Waals surface area contributed by atoms with Crippen LogP contribution in [-0.4, -0.2) is 20.3 Å². The summed E-state index contributed by atoms with van der Waals surface area (Å²) >= 11 is 5.59. The average molecular weight is 290 g/mol. The number of hydrogen-bond donors (Lipinski definition) is 1. The molecule has 0 bridgehead atoms. The summed E-state index contributed by atoms with van der Waals surface area (Å²) in [5.41, 5.74) is 1.16. The van der Waals surface area contributed by atoms with Crippen molar-refractivity contribution in [1.29, 1.82) is 0 Å². The summed E-state index contributed by atoms with van der Waals surface area (Å²) < 4.78 is 26.7. The van der Waals surface area contributed by atoms with E-state index in [1.54, 1.807) is 12.1 Å². The Morgan fingerprint density at radius 2 is 1.89 bits per heavy atom. The molecule has 0 saturated carbocycles. The second-order valence-electron chi connectivity index (χ2n) is 4.39. The zero-order valence-electron chi connectivity index (χ0n) is 10.8. The van der Waals surface area contributed by atoms with Crippen molar-refractivity contribution in [3.8, 4) is 0 Å². The fourth-order valence-corrected chi connectivity index (χ4v) is 3.28. The molecule has 3 nitrogen and oxygen atoms in total. The van der Waals surface area contributed by atoms with Gasteiger partial charge in [-0.25, -0.2) is 13.1 Å². The molecule has 0 aliphatic heterocycles. The lowest BCUT2D eigenvalue weighted by Gasteiger charge is -2.13. The van der Waals surface area contributed by atoms with E-state index in [1.807, 2.05) is 19.1 Å². The van der Waals surface area contributed by atoms with Crippen molar-refractivity contribution >= 4 is 21.6 Å². The van der Waals surface area contributed by atoms with Gasteiger partial charge in [0.1, 0.15) is 0 Å². The fraction of sp³-hybridized carbons (Fsp3) is 0.538. The third kappa shape index (κ3) is 4.59. The molecule has 0 fully saturated rings. The molecule has 0 aliphatic carbocycles. The molecule has 0 radical (unpaired) electrons. The Balaban J connectivity index is 2.78. The number of benzene rings is 1. The Morgan fingerprint density at radius 1 is 1.28 bits per heavy atom. The largest absolute Gasteiger partial charge is 0.240 e. The van der Waals surface area contributed by atoms with Gasteiger partial charge in [0.15, 0.2) is 0 Å². The van der Waals surface area contributed by atoms with Gasteiger partial charge in [0, 0.05) is 11.9 Å². The lowest BCUT2D eigenvalue weighted by Crippen LogP contribution is -2.32. The molecular weight excluding hydrogens is 270 g/mol. The van der Waals surface area contributed by atoms with Gasteiger partial charge in [-0.3, -0.25) is 0 Å². The molecule has 0 heterocycles. The van der Waals surface area contributed by atoms with E-state index < -0.39 is 10.0 Å². The minimum atomic E-state index is -3.42. The third-order valence-electron chi connectivity index (χ3n) is 2.67. The standard InChI is InChI=1S/C13H20ClNO2S/c1-3-4-12-5-7-13(8-6-12)18(16,17)15-11(2)9-10-14/h5-8,11,15H,3-4,9-10H2,1-2H3. The van der Waals surface area contributed by atoms with E-state index in [0.29, 0.717) is 17.2 Å². The summed E-state index contributed by atoms with van der Waals surface area (Å²) in [6.07, 6.45) is 2.64. The quantitative estimate of drug-likeness (QED) is 0.785. The molecule has 102 valence electrons. The molecule has 1 unspecified atom stereocenters. The lowest BCUT2D eigenvalue weighted by atomic mass is 10.1. The van der Waals surface area contributed by atoms with Gasteiger partial charge in [-0.1, -0.05) is 25.5 Å². The smallest absolute Gasteiger partial charge is 0.208 e. The maximum absolute atomic E-state index is 12.0. The molecule has 0 aromatic heterocycles. The van der Waals surface area contributed by atoms with Crippen LogP contribution in [0.5, 0.6) is 0 Å². The first-order chi connectivity index (χ1) is 8.49. The van der Waals surface area contributed by atoms with Crippen LogP contribution in [0.25, 0.3) is 0 Å². The van der Waals surface area contributed by atoms with Crippen molar-refractivity contribution in [1.82, 2.24) is 4.72 Å². The van der Waals surface area contributed by atoms with Crippen LogP contribution in [0.2, 0.25) is 0 Å². The van der Waals surface area contributed by atoms with Gasteiger partial charge in [0.05, 0.1) is 4.90 Å². The monoisotopic (exact) mass is 289 g/mol. The van der Waals surface area contributed by atoms with E-state index in [9.17, 15) is 8.42 Å². The van der Waals surface area contributed by atoms with Crippen molar-refractivity contribution < 1.29 is 8.42 Å². The van der Waals surface area contributed by atoms with Crippen molar-refractivity contribution in [3.63, 3.8) is 0 Å². The number of alkyl halides is 1. The van der Waals surface area contributed by atoms with Crippen LogP contribution in [0.15, 0.2) is 29.2 Å². The Hall–Kier alpha value is -0.580. The Bertz CT molecular complexity index is 456. The molecule has 5 heteroatoms. The number of hydrogen-bond acceptors (Lipinski definition) is 2. The Kier molecular flexibility index (Phi) is 6.12. The van der Waals surface area contributed by atoms with Gasteiger partial charge >= 0.3 is 0 Å². The number of sulfonamides is 1. The SMILES string of the molecule is CCCc1ccc(S(=O)(=O)NC(C)CCCl)cc1. The lowest BCUT2D eigenvalue weighted by molar-refractivity contribution is 0.556. The first-order valence-electron chi connectivity index (χ1n) is 6.17. The fourth-order valence-electron chi connectivity index (χ4n) is 1.68. The first kappa shape index (κ1) is 15.5. The molecular formula is C13H20ClNO2S. The normalized spacial score (nSPS) is 13.5. The summed E-state index contributed by atoms with van der Waals surface area (Å²) in [5, 5.41) is 0. The molecule has 0 aliphatic rings. The summed E-state index contributed by atoms with van der Waals surface area (Å²) in [6, 6.07) is 6.89. The minimum Gasteiger partial charge on any atom is -0.208 e. The van der Waals surface area contributed by atoms with Crippen LogP contribution in [-0.2, 0) is 16.4 Å². The van der Waals surface area contributed by atoms with Crippen LogP contribution >= 0.6 is 11.6 Å². The highest BCUT2D eigenvalue weighted by Gasteiger charge is 2.16. The number of aryl methyl sites for hydroxylation is 1. The predicted molar refractivity (Wildman–Crippen MR) is 75.6 cm³/mol. The van der Waals surface area contributed by atoms with E-state index in [-0.39, 0.29) is 6.04 Å². The van der Waals surface area contributed by atoms with Crippen LogP contribution < -0.4 is 4.72 Å². The second-order valence-corrected chi connectivity index (χ2v) is 6.49. The molecule has 0 amide bonds. The van der Waals surface area contributed by atoms with Gasteiger partial charge in [0.2, 0.25) is 10.0 Å². The highest BCUT2D eigenvalue weighted by molar-refractivity contribution is 7.89. The molecule has 1 rings (SSSR count). The van der Waals surface area contributed by atoms with Crippen molar-refractivity contribution in [2.24, 2.45) is 0 Å². The van der Waals surface area contributed by atoms with Gasteiger partial charge < -0.3 is 0 Å². The molecule has 1 aromatic carbocycles. The van der Waals surface area contributed by atoms with Gasteiger partial charge in [0.25, 0.3) is 0 Å². The summed E-state index contributed by atoms with van der Waals surface area (Å²) in [6.45, 7) is 3.91.